The lowest BCUT2D eigenvalue weighted by Gasteiger charge is -2.37. The zero-order chi connectivity index (χ0) is 15.9. The minimum atomic E-state index is -0.418. The van der Waals surface area contributed by atoms with Crippen molar-refractivity contribution in [2.75, 3.05) is 52.5 Å². The molecule has 0 aromatic rings. The normalized spacial score (nSPS) is 20.5. The molecular weight excluding hydrogens is 355 g/mol. The number of nitrogens with zero attached hydrogens (tertiary/aromatic N) is 2. The third kappa shape index (κ3) is 6.72. The predicted octanol–water partition coefficient (Wildman–Crippen LogP) is -0.136. The fourth-order valence-electron chi connectivity index (χ4n) is 3.07. The van der Waals surface area contributed by atoms with Gasteiger partial charge in [0.25, 0.3) is 0 Å². The van der Waals surface area contributed by atoms with Crippen molar-refractivity contribution in [2.24, 2.45) is 11.7 Å². The smallest absolute Gasteiger partial charge is 0.239 e. The van der Waals surface area contributed by atoms with Gasteiger partial charge in [0.05, 0.1) is 12.6 Å². The number of carbonyl (C=O) groups excluding carboxylic acids is 2. The second kappa shape index (κ2) is 11.9. The summed E-state index contributed by atoms with van der Waals surface area (Å²) in [4.78, 5) is 28.0. The Hall–Kier alpha value is -0.600. The maximum atomic E-state index is 12.5. The van der Waals surface area contributed by atoms with Crippen LogP contribution < -0.4 is 11.1 Å². The van der Waals surface area contributed by atoms with Gasteiger partial charge in [0.1, 0.15) is 0 Å². The summed E-state index contributed by atoms with van der Waals surface area (Å²) in [6, 6.07) is -0.418. The number of hydrogen-bond donors (Lipinski definition) is 2. The van der Waals surface area contributed by atoms with Crippen LogP contribution in [0.25, 0.3) is 0 Å². The lowest BCUT2D eigenvalue weighted by atomic mass is 9.91. The molecule has 2 amide bonds. The van der Waals surface area contributed by atoms with Gasteiger partial charge < -0.3 is 20.7 Å². The van der Waals surface area contributed by atoms with E-state index < -0.39 is 6.04 Å². The number of halogens is 2. The third-order valence-corrected chi connectivity index (χ3v) is 4.48. The van der Waals surface area contributed by atoms with E-state index in [-0.39, 0.29) is 42.5 Å². The second-order valence-electron chi connectivity index (χ2n) is 6.03. The molecule has 2 aliphatic heterocycles. The second-order valence-corrected chi connectivity index (χ2v) is 6.03. The molecule has 0 aromatic heterocycles. The van der Waals surface area contributed by atoms with E-state index in [0.717, 1.165) is 25.9 Å². The summed E-state index contributed by atoms with van der Waals surface area (Å²) < 4.78 is 5.32. The highest BCUT2D eigenvalue weighted by molar-refractivity contribution is 5.85. The summed E-state index contributed by atoms with van der Waals surface area (Å²) in [7, 11) is 0. The van der Waals surface area contributed by atoms with Crippen molar-refractivity contribution < 1.29 is 14.3 Å². The summed E-state index contributed by atoms with van der Waals surface area (Å²) in [6.07, 6.45) is 1.73. The third-order valence-electron chi connectivity index (χ3n) is 4.48. The minimum Gasteiger partial charge on any atom is -0.381 e. The van der Waals surface area contributed by atoms with Crippen LogP contribution in [0, 0.1) is 5.92 Å². The molecule has 0 radical (unpaired) electrons. The molecule has 3 N–H and O–H groups in total. The molecule has 2 rings (SSSR count). The Labute approximate surface area is 156 Å². The van der Waals surface area contributed by atoms with E-state index in [9.17, 15) is 9.59 Å². The van der Waals surface area contributed by atoms with Gasteiger partial charge in [0, 0.05) is 45.9 Å². The van der Waals surface area contributed by atoms with Crippen molar-refractivity contribution in [2.45, 2.75) is 25.8 Å². The van der Waals surface area contributed by atoms with Crippen LogP contribution in [0.2, 0.25) is 0 Å². The molecule has 0 saturated carbocycles. The molecule has 24 heavy (non-hydrogen) atoms. The van der Waals surface area contributed by atoms with E-state index in [1.54, 1.807) is 0 Å². The van der Waals surface area contributed by atoms with Crippen molar-refractivity contribution in [3.05, 3.63) is 0 Å². The van der Waals surface area contributed by atoms with Crippen LogP contribution in [0.3, 0.4) is 0 Å². The molecule has 0 aliphatic carbocycles. The Kier molecular flexibility index (Phi) is 11.6. The van der Waals surface area contributed by atoms with Crippen LogP contribution in [0.5, 0.6) is 0 Å². The standard InChI is InChI=1S/C15H28N4O3.2ClH/c1-2-17-13(20)11-18-5-7-19(8-6-18)15(21)14(16)12-3-9-22-10-4-12;;/h12,14H,2-11,16H2,1H3,(H,17,20);2*1H. The summed E-state index contributed by atoms with van der Waals surface area (Å²) in [5, 5.41) is 2.80. The number of rotatable bonds is 5. The number of ether oxygens (including phenoxy) is 1. The SMILES string of the molecule is CCNC(=O)CN1CCN(C(=O)C(N)C2CCOCC2)CC1.Cl.Cl. The zero-order valence-electron chi connectivity index (χ0n) is 14.2. The average molecular weight is 385 g/mol. The van der Waals surface area contributed by atoms with Crippen molar-refractivity contribution in [1.29, 1.82) is 0 Å². The number of nitrogens with two attached hydrogens (primary N) is 1. The molecule has 7 nitrogen and oxygen atoms in total. The highest BCUT2D eigenvalue weighted by Gasteiger charge is 2.31. The van der Waals surface area contributed by atoms with Crippen molar-refractivity contribution in [3.8, 4) is 0 Å². The maximum Gasteiger partial charge on any atom is 0.239 e. The van der Waals surface area contributed by atoms with Gasteiger partial charge in [-0.25, -0.2) is 0 Å². The van der Waals surface area contributed by atoms with E-state index in [1.165, 1.54) is 0 Å². The molecule has 2 aliphatic rings. The fourth-order valence-corrected chi connectivity index (χ4v) is 3.07. The van der Waals surface area contributed by atoms with E-state index in [1.807, 2.05) is 11.8 Å². The van der Waals surface area contributed by atoms with Gasteiger partial charge in [-0.3, -0.25) is 14.5 Å². The minimum absolute atomic E-state index is 0. The molecule has 0 spiro atoms. The van der Waals surface area contributed by atoms with Crippen LogP contribution in [-0.4, -0.2) is 80.1 Å². The molecule has 0 bridgehead atoms. The van der Waals surface area contributed by atoms with Crippen LogP contribution in [0.15, 0.2) is 0 Å². The largest absolute Gasteiger partial charge is 0.381 e. The average Bonchev–Trinajstić information content (AvgIpc) is 2.55. The Bertz CT molecular complexity index is 387. The van der Waals surface area contributed by atoms with Gasteiger partial charge in [-0.05, 0) is 25.7 Å². The molecule has 1 unspecified atom stereocenters. The van der Waals surface area contributed by atoms with Crippen molar-refractivity contribution in [3.63, 3.8) is 0 Å². The number of hydrogen-bond acceptors (Lipinski definition) is 5. The molecular formula is C15H30Cl2N4O3. The molecule has 2 heterocycles. The Balaban J connectivity index is 0.00000264. The van der Waals surface area contributed by atoms with Crippen molar-refractivity contribution in [1.82, 2.24) is 15.1 Å². The number of nitrogens with one attached hydrogen (secondary N) is 1. The molecule has 0 aromatic carbocycles. The van der Waals surface area contributed by atoms with Crippen LogP contribution in [0.4, 0.5) is 0 Å². The summed E-state index contributed by atoms with van der Waals surface area (Å²) in [6.45, 7) is 7.11. The van der Waals surface area contributed by atoms with Crippen LogP contribution >= 0.6 is 24.8 Å². The topological polar surface area (TPSA) is 87.9 Å². The van der Waals surface area contributed by atoms with Gasteiger partial charge >= 0.3 is 0 Å². The van der Waals surface area contributed by atoms with E-state index >= 15 is 0 Å². The van der Waals surface area contributed by atoms with Gasteiger partial charge in [-0.15, -0.1) is 24.8 Å². The molecule has 1 atom stereocenters. The van der Waals surface area contributed by atoms with Crippen molar-refractivity contribution >= 4 is 36.6 Å². The van der Waals surface area contributed by atoms with Gasteiger partial charge in [-0.2, -0.15) is 0 Å². The van der Waals surface area contributed by atoms with Gasteiger partial charge in [-0.1, -0.05) is 0 Å². The first-order valence-electron chi connectivity index (χ1n) is 8.23. The van der Waals surface area contributed by atoms with E-state index in [2.05, 4.69) is 10.2 Å². The van der Waals surface area contributed by atoms with Crippen LogP contribution in [0.1, 0.15) is 19.8 Å². The Morgan fingerprint density at radius 1 is 1.17 bits per heavy atom. The number of carbonyl (C=O) groups is 2. The Morgan fingerprint density at radius 3 is 2.29 bits per heavy atom. The zero-order valence-corrected chi connectivity index (χ0v) is 15.9. The van der Waals surface area contributed by atoms with Gasteiger partial charge in [0.15, 0.2) is 0 Å². The highest BCUT2D eigenvalue weighted by Crippen LogP contribution is 2.19. The predicted molar refractivity (Wildman–Crippen MR) is 97.7 cm³/mol. The van der Waals surface area contributed by atoms with E-state index in [0.29, 0.717) is 39.4 Å². The first-order chi connectivity index (χ1) is 10.6. The molecule has 142 valence electrons. The summed E-state index contributed by atoms with van der Waals surface area (Å²) in [5.74, 6) is 0.320. The maximum absolute atomic E-state index is 12.5. The monoisotopic (exact) mass is 384 g/mol. The fraction of sp³-hybridized carbons (Fsp3) is 0.867. The first-order valence-corrected chi connectivity index (χ1v) is 8.23. The van der Waals surface area contributed by atoms with Crippen LogP contribution in [-0.2, 0) is 14.3 Å². The quantitative estimate of drug-likeness (QED) is 0.688. The number of amides is 2. The summed E-state index contributed by atoms with van der Waals surface area (Å²) in [5.41, 5.74) is 6.15. The number of likely N-dealkylation sites (N-methyl/N-ethyl adjacent to an activating group) is 1. The lowest BCUT2D eigenvalue weighted by Crippen LogP contribution is -2.56. The summed E-state index contributed by atoms with van der Waals surface area (Å²) >= 11 is 0. The number of piperazine rings is 1. The Morgan fingerprint density at radius 2 is 1.75 bits per heavy atom. The highest BCUT2D eigenvalue weighted by atomic mass is 35.5. The molecule has 9 heteroatoms. The first kappa shape index (κ1) is 23.4. The van der Waals surface area contributed by atoms with Gasteiger partial charge in [0.2, 0.25) is 11.8 Å². The van der Waals surface area contributed by atoms with E-state index in [4.69, 9.17) is 10.5 Å². The lowest BCUT2D eigenvalue weighted by molar-refractivity contribution is -0.136. The molecule has 2 fully saturated rings. The molecule has 2 saturated heterocycles.